The van der Waals surface area contributed by atoms with Gasteiger partial charge in [0.15, 0.2) is 0 Å². The highest BCUT2D eigenvalue weighted by molar-refractivity contribution is 5.87. The largest absolute Gasteiger partial charge is 0.497 e. The molecule has 0 aliphatic carbocycles. The first kappa shape index (κ1) is 21.1. The van der Waals surface area contributed by atoms with Gasteiger partial charge in [0, 0.05) is 23.7 Å². The van der Waals surface area contributed by atoms with Crippen molar-refractivity contribution in [3.05, 3.63) is 75.2 Å². The maximum atomic E-state index is 12.3. The van der Waals surface area contributed by atoms with Gasteiger partial charge in [0.25, 0.3) is 5.56 Å². The van der Waals surface area contributed by atoms with Crippen LogP contribution in [0.3, 0.4) is 0 Å². The van der Waals surface area contributed by atoms with E-state index in [2.05, 4.69) is 15.3 Å². The number of aromatic nitrogens is 5. The van der Waals surface area contributed by atoms with Gasteiger partial charge < -0.3 is 14.6 Å². The van der Waals surface area contributed by atoms with Crippen molar-refractivity contribution in [3.63, 3.8) is 0 Å². The van der Waals surface area contributed by atoms with Gasteiger partial charge in [-0.3, -0.25) is 14.3 Å². The zero-order valence-corrected chi connectivity index (χ0v) is 18.1. The molecule has 2 aromatic heterocycles. The Morgan fingerprint density at radius 1 is 1.21 bits per heavy atom. The minimum Gasteiger partial charge on any atom is -0.497 e. The van der Waals surface area contributed by atoms with E-state index in [4.69, 9.17) is 9.47 Å². The predicted molar refractivity (Wildman–Crippen MR) is 120 cm³/mol. The van der Waals surface area contributed by atoms with Crippen LogP contribution in [-0.2, 0) is 4.74 Å². The van der Waals surface area contributed by atoms with Gasteiger partial charge in [-0.25, -0.2) is 9.48 Å². The van der Waals surface area contributed by atoms with Crippen molar-refractivity contribution in [1.82, 2.24) is 24.5 Å². The number of H-pyrrole nitrogens is 1. The van der Waals surface area contributed by atoms with Gasteiger partial charge in [-0.05, 0) is 35.9 Å². The van der Waals surface area contributed by atoms with Crippen LogP contribution < -0.4 is 16.0 Å². The Hall–Kier alpha value is -3.76. The highest BCUT2D eigenvalue weighted by Crippen LogP contribution is 2.38. The molecule has 10 heteroatoms. The molecule has 4 aromatic rings. The summed E-state index contributed by atoms with van der Waals surface area (Å²) in [5.74, 6) is 0.787. The second-order valence-electron chi connectivity index (χ2n) is 8.09. The summed E-state index contributed by atoms with van der Waals surface area (Å²) in [6, 6.07) is 11.5. The summed E-state index contributed by atoms with van der Waals surface area (Å²) in [7, 11) is 1.64. The van der Waals surface area contributed by atoms with Gasteiger partial charge in [-0.1, -0.05) is 23.4 Å². The van der Waals surface area contributed by atoms with Crippen LogP contribution >= 0.6 is 0 Å². The molecule has 1 fully saturated rings. The fourth-order valence-corrected chi connectivity index (χ4v) is 4.31. The van der Waals surface area contributed by atoms with Gasteiger partial charge in [-0.15, -0.1) is 5.10 Å². The lowest BCUT2D eigenvalue weighted by Crippen LogP contribution is -2.33. The number of nitrogens with one attached hydrogen (secondary N) is 1. The molecule has 170 valence electrons. The minimum atomic E-state index is -0.656. The number of rotatable bonds is 5. The maximum Gasteiger partial charge on any atom is 0.330 e. The van der Waals surface area contributed by atoms with Crippen LogP contribution in [0.4, 0.5) is 0 Å². The highest BCUT2D eigenvalue weighted by atomic mass is 16.5. The lowest BCUT2D eigenvalue weighted by molar-refractivity contribution is -0.0322. The van der Waals surface area contributed by atoms with E-state index >= 15 is 0 Å². The third-order valence-electron chi connectivity index (χ3n) is 6.07. The number of aromatic amines is 1. The van der Waals surface area contributed by atoms with Crippen molar-refractivity contribution in [2.75, 3.05) is 13.7 Å². The fourth-order valence-electron chi connectivity index (χ4n) is 4.31. The molecule has 1 aliphatic rings. The SMILES string of the molecule is COc1ccc2cc(-c3cnnn3[C@H]3C[C@H](n4cc(C)c(=O)[nH]c4=O)O[C@@H]3CO)ccc2c1. The smallest absolute Gasteiger partial charge is 0.330 e. The summed E-state index contributed by atoms with van der Waals surface area (Å²) >= 11 is 0. The number of ether oxygens (including phenoxy) is 2. The third kappa shape index (κ3) is 3.73. The average Bonchev–Trinajstić information content (AvgIpc) is 3.47. The Morgan fingerprint density at radius 2 is 2.00 bits per heavy atom. The van der Waals surface area contributed by atoms with E-state index in [1.807, 2.05) is 36.4 Å². The molecule has 33 heavy (non-hydrogen) atoms. The van der Waals surface area contributed by atoms with Crippen molar-refractivity contribution in [2.24, 2.45) is 0 Å². The molecule has 0 spiro atoms. The average molecular weight is 449 g/mol. The number of methoxy groups -OCH3 is 1. The van der Waals surface area contributed by atoms with Crippen LogP contribution in [0.15, 0.2) is 58.4 Å². The zero-order chi connectivity index (χ0) is 23.1. The topological polar surface area (TPSA) is 124 Å². The van der Waals surface area contributed by atoms with Crippen molar-refractivity contribution in [2.45, 2.75) is 31.7 Å². The zero-order valence-electron chi connectivity index (χ0n) is 18.1. The Morgan fingerprint density at radius 3 is 2.79 bits per heavy atom. The van der Waals surface area contributed by atoms with Crippen molar-refractivity contribution in [3.8, 4) is 17.0 Å². The fraction of sp³-hybridized carbons (Fsp3) is 0.304. The van der Waals surface area contributed by atoms with Crippen LogP contribution in [0.2, 0.25) is 0 Å². The summed E-state index contributed by atoms with van der Waals surface area (Å²) in [5, 5.41) is 20.4. The Balaban J connectivity index is 1.50. The lowest BCUT2D eigenvalue weighted by atomic mass is 10.0. The van der Waals surface area contributed by atoms with Crippen LogP contribution in [0.25, 0.3) is 22.0 Å². The second kappa shape index (κ2) is 8.30. The molecular formula is C23H23N5O5. The normalized spacial score (nSPS) is 20.4. The van der Waals surface area contributed by atoms with Gasteiger partial charge in [-0.2, -0.15) is 0 Å². The van der Waals surface area contributed by atoms with Crippen LogP contribution in [-0.4, -0.2) is 49.5 Å². The third-order valence-corrected chi connectivity index (χ3v) is 6.07. The Bertz CT molecular complexity index is 1440. The Kier molecular flexibility index (Phi) is 5.31. The highest BCUT2D eigenvalue weighted by Gasteiger charge is 2.39. The molecule has 0 radical (unpaired) electrons. The van der Waals surface area contributed by atoms with Gasteiger partial charge in [0.2, 0.25) is 0 Å². The molecule has 0 amide bonds. The standard InChI is InChI=1S/C23H23N5O5/c1-13-11-27(23(31)25-22(13)30)21-9-18(20(12-29)33-21)28-19(10-24-26-28)16-4-3-15-8-17(32-2)6-5-14(15)7-16/h3-8,10-11,18,20-21,29H,9,12H2,1-2H3,(H,25,30,31)/t18-,20+,21+/m0/s1. The van der Waals surface area contributed by atoms with Gasteiger partial charge >= 0.3 is 5.69 Å². The monoisotopic (exact) mass is 449 g/mol. The van der Waals surface area contributed by atoms with E-state index < -0.39 is 23.6 Å². The molecule has 10 nitrogen and oxygen atoms in total. The van der Waals surface area contributed by atoms with Gasteiger partial charge in [0.05, 0.1) is 31.6 Å². The first-order chi connectivity index (χ1) is 16.0. The summed E-state index contributed by atoms with van der Waals surface area (Å²) < 4.78 is 14.4. The predicted octanol–water partition coefficient (Wildman–Crippen LogP) is 1.79. The number of aliphatic hydroxyl groups excluding tert-OH is 1. The molecule has 0 unspecified atom stereocenters. The van der Waals surface area contributed by atoms with Crippen molar-refractivity contribution >= 4 is 10.8 Å². The molecule has 2 aromatic carbocycles. The van der Waals surface area contributed by atoms with Crippen LogP contribution in [0.1, 0.15) is 24.3 Å². The summed E-state index contributed by atoms with van der Waals surface area (Å²) in [6.07, 6.45) is 2.26. The van der Waals surface area contributed by atoms with Crippen molar-refractivity contribution in [1.29, 1.82) is 0 Å². The molecule has 3 heterocycles. The lowest BCUT2D eigenvalue weighted by Gasteiger charge is -2.18. The second-order valence-corrected chi connectivity index (χ2v) is 8.09. The number of nitrogens with zero attached hydrogens (tertiary/aromatic N) is 4. The molecule has 1 aliphatic heterocycles. The Labute approximate surface area is 188 Å². The number of benzene rings is 2. The molecule has 2 N–H and O–H groups in total. The number of aliphatic hydroxyl groups is 1. The molecule has 5 rings (SSSR count). The number of hydrogen-bond donors (Lipinski definition) is 2. The molecule has 1 saturated heterocycles. The summed E-state index contributed by atoms with van der Waals surface area (Å²) in [6.45, 7) is 1.37. The van der Waals surface area contributed by atoms with Gasteiger partial charge in [0.1, 0.15) is 18.1 Å². The van der Waals surface area contributed by atoms with Crippen LogP contribution in [0.5, 0.6) is 5.75 Å². The molecule has 0 bridgehead atoms. The first-order valence-corrected chi connectivity index (χ1v) is 10.5. The van der Waals surface area contributed by atoms with Crippen LogP contribution in [0, 0.1) is 6.92 Å². The summed E-state index contributed by atoms with van der Waals surface area (Å²) in [5.41, 5.74) is 1.09. The number of fused-ring (bicyclic) bond motifs is 1. The quantitative estimate of drug-likeness (QED) is 0.476. The van der Waals surface area contributed by atoms with E-state index in [9.17, 15) is 14.7 Å². The first-order valence-electron chi connectivity index (χ1n) is 10.5. The van der Waals surface area contributed by atoms with E-state index in [0.717, 1.165) is 27.8 Å². The number of aryl methyl sites for hydroxylation is 1. The molecule has 3 atom stereocenters. The van der Waals surface area contributed by atoms with E-state index in [-0.39, 0.29) is 12.6 Å². The molecular weight excluding hydrogens is 426 g/mol. The number of hydrogen-bond acceptors (Lipinski definition) is 7. The van der Waals surface area contributed by atoms with E-state index in [1.54, 1.807) is 24.9 Å². The minimum absolute atomic E-state index is 0.255. The van der Waals surface area contributed by atoms with E-state index in [1.165, 1.54) is 10.8 Å². The maximum absolute atomic E-state index is 12.3. The molecule has 0 saturated carbocycles. The summed E-state index contributed by atoms with van der Waals surface area (Å²) in [4.78, 5) is 26.4. The van der Waals surface area contributed by atoms with E-state index in [0.29, 0.717) is 12.0 Å². The van der Waals surface area contributed by atoms with Crippen molar-refractivity contribution < 1.29 is 14.6 Å².